The quantitative estimate of drug-likeness (QED) is 0.883. The fourth-order valence-corrected chi connectivity index (χ4v) is 3.11. The number of aliphatic hydroxyl groups excluding tert-OH is 1. The van der Waals surface area contributed by atoms with Crippen LogP contribution in [-0.4, -0.2) is 42.9 Å². The van der Waals surface area contributed by atoms with Crippen molar-refractivity contribution in [1.29, 1.82) is 0 Å². The number of piperidine rings is 1. The van der Waals surface area contributed by atoms with E-state index in [-0.39, 0.29) is 23.9 Å². The summed E-state index contributed by atoms with van der Waals surface area (Å²) in [5.41, 5.74) is 1.29. The third-order valence-corrected chi connectivity index (χ3v) is 4.51. The minimum Gasteiger partial charge on any atom is -0.393 e. The van der Waals surface area contributed by atoms with E-state index in [1.807, 2.05) is 11.0 Å². The molecule has 0 bridgehead atoms. The predicted molar refractivity (Wildman–Crippen MR) is 84.7 cm³/mol. The number of aliphatic hydroxyl groups is 1. The maximum Gasteiger partial charge on any atom is 0.249 e. The number of anilines is 1. The van der Waals surface area contributed by atoms with Crippen LogP contribution in [0.1, 0.15) is 31.2 Å². The minimum atomic E-state index is -0.362. The van der Waals surface area contributed by atoms with E-state index in [0.717, 1.165) is 18.4 Å². The van der Waals surface area contributed by atoms with E-state index >= 15 is 0 Å². The van der Waals surface area contributed by atoms with Gasteiger partial charge in [0, 0.05) is 26.2 Å². The van der Waals surface area contributed by atoms with Crippen LogP contribution in [0.5, 0.6) is 0 Å². The highest BCUT2D eigenvalue weighted by Crippen LogP contribution is 2.24. The molecule has 0 aliphatic carbocycles. The van der Waals surface area contributed by atoms with Crippen LogP contribution in [0.15, 0.2) is 18.2 Å². The summed E-state index contributed by atoms with van der Waals surface area (Å²) in [6.07, 6.45) is 2.35. The standard InChI is InChI=1S/C17H23FN2O3/c18-14-10-12(11-19-17(22)16-2-1-9-23-16)3-4-15(14)20-7-5-13(21)6-8-20/h3-4,10,13,16,21H,1-2,5-9,11H2,(H,19,22). The van der Waals surface area contributed by atoms with Crippen LogP contribution in [0, 0.1) is 5.82 Å². The van der Waals surface area contributed by atoms with Gasteiger partial charge in [0.05, 0.1) is 11.8 Å². The number of carbonyl (C=O) groups excluding carboxylic acids is 1. The normalized spacial score (nSPS) is 22.3. The topological polar surface area (TPSA) is 61.8 Å². The highest BCUT2D eigenvalue weighted by molar-refractivity contribution is 5.80. The Morgan fingerprint density at radius 2 is 2.13 bits per heavy atom. The van der Waals surface area contributed by atoms with Crippen LogP contribution in [-0.2, 0) is 16.1 Å². The first-order valence-electron chi connectivity index (χ1n) is 8.24. The van der Waals surface area contributed by atoms with E-state index in [2.05, 4.69) is 5.32 Å². The van der Waals surface area contributed by atoms with Gasteiger partial charge in [0.15, 0.2) is 0 Å². The van der Waals surface area contributed by atoms with Crippen molar-refractivity contribution >= 4 is 11.6 Å². The average Bonchev–Trinajstić information content (AvgIpc) is 3.08. The Hall–Kier alpha value is -1.66. The lowest BCUT2D eigenvalue weighted by atomic mass is 10.1. The van der Waals surface area contributed by atoms with Crippen LogP contribution in [0.25, 0.3) is 0 Å². The second kappa shape index (κ2) is 7.27. The summed E-state index contributed by atoms with van der Waals surface area (Å²) in [6.45, 7) is 2.25. The van der Waals surface area contributed by atoms with Gasteiger partial charge in [-0.25, -0.2) is 4.39 Å². The first kappa shape index (κ1) is 16.2. The van der Waals surface area contributed by atoms with Crippen LogP contribution < -0.4 is 10.2 Å². The maximum absolute atomic E-state index is 14.3. The maximum atomic E-state index is 14.3. The molecular weight excluding hydrogens is 299 g/mol. The number of amides is 1. The summed E-state index contributed by atoms with van der Waals surface area (Å²) in [7, 11) is 0. The Bertz CT molecular complexity index is 553. The molecule has 5 nitrogen and oxygen atoms in total. The molecule has 1 amide bonds. The molecule has 0 saturated carbocycles. The van der Waals surface area contributed by atoms with Crippen molar-refractivity contribution in [1.82, 2.24) is 5.32 Å². The predicted octanol–water partition coefficient (Wildman–Crippen LogP) is 1.58. The van der Waals surface area contributed by atoms with E-state index in [1.165, 1.54) is 6.07 Å². The number of benzene rings is 1. The zero-order valence-electron chi connectivity index (χ0n) is 13.1. The summed E-state index contributed by atoms with van der Waals surface area (Å²) in [4.78, 5) is 13.8. The van der Waals surface area contributed by atoms with Crippen LogP contribution >= 0.6 is 0 Å². The molecular formula is C17H23FN2O3. The van der Waals surface area contributed by atoms with Gasteiger partial charge in [0.2, 0.25) is 5.91 Å². The molecule has 0 spiro atoms. The molecule has 23 heavy (non-hydrogen) atoms. The summed E-state index contributed by atoms with van der Waals surface area (Å²) < 4.78 is 19.6. The Labute approximate surface area is 135 Å². The molecule has 2 aliphatic heterocycles. The third kappa shape index (κ3) is 4.00. The average molecular weight is 322 g/mol. The van der Waals surface area contributed by atoms with Crippen molar-refractivity contribution in [2.75, 3.05) is 24.6 Å². The van der Waals surface area contributed by atoms with E-state index in [9.17, 15) is 14.3 Å². The number of halogens is 1. The lowest BCUT2D eigenvalue weighted by Crippen LogP contribution is -2.36. The molecule has 2 N–H and O–H groups in total. The molecule has 0 aromatic heterocycles. The van der Waals surface area contributed by atoms with E-state index < -0.39 is 0 Å². The molecule has 2 fully saturated rings. The number of hydrogen-bond acceptors (Lipinski definition) is 4. The van der Waals surface area contributed by atoms with Gasteiger partial charge in [0.25, 0.3) is 0 Å². The van der Waals surface area contributed by atoms with Gasteiger partial charge in [-0.05, 0) is 43.4 Å². The molecule has 0 radical (unpaired) electrons. The lowest BCUT2D eigenvalue weighted by molar-refractivity contribution is -0.130. The summed E-state index contributed by atoms with van der Waals surface area (Å²) in [5, 5.41) is 12.3. The molecule has 6 heteroatoms. The zero-order valence-corrected chi connectivity index (χ0v) is 13.1. The van der Waals surface area contributed by atoms with Gasteiger partial charge in [-0.2, -0.15) is 0 Å². The van der Waals surface area contributed by atoms with Gasteiger partial charge >= 0.3 is 0 Å². The van der Waals surface area contributed by atoms with Crippen molar-refractivity contribution in [3.63, 3.8) is 0 Å². The molecule has 1 aromatic rings. The summed E-state index contributed by atoms with van der Waals surface area (Å²) >= 11 is 0. The third-order valence-electron chi connectivity index (χ3n) is 4.51. The van der Waals surface area contributed by atoms with Gasteiger partial charge in [-0.15, -0.1) is 0 Å². The van der Waals surface area contributed by atoms with E-state index in [1.54, 1.807) is 6.07 Å². The van der Waals surface area contributed by atoms with Crippen molar-refractivity contribution in [2.24, 2.45) is 0 Å². The smallest absolute Gasteiger partial charge is 0.249 e. The van der Waals surface area contributed by atoms with Crippen LogP contribution in [0.3, 0.4) is 0 Å². The Morgan fingerprint density at radius 3 is 2.78 bits per heavy atom. The Morgan fingerprint density at radius 1 is 1.35 bits per heavy atom. The summed E-state index contributed by atoms with van der Waals surface area (Å²) in [6, 6.07) is 5.05. The first-order valence-corrected chi connectivity index (χ1v) is 8.24. The molecule has 2 saturated heterocycles. The van der Waals surface area contributed by atoms with Crippen molar-refractivity contribution in [2.45, 2.75) is 44.4 Å². The zero-order chi connectivity index (χ0) is 16.2. The van der Waals surface area contributed by atoms with Gasteiger partial charge in [0.1, 0.15) is 11.9 Å². The summed E-state index contributed by atoms with van der Waals surface area (Å²) in [5.74, 6) is -0.415. The largest absolute Gasteiger partial charge is 0.393 e. The number of carbonyl (C=O) groups is 1. The number of rotatable bonds is 4. The monoisotopic (exact) mass is 322 g/mol. The van der Waals surface area contributed by atoms with Crippen molar-refractivity contribution in [3.05, 3.63) is 29.6 Å². The lowest BCUT2D eigenvalue weighted by Gasteiger charge is -2.31. The van der Waals surface area contributed by atoms with E-state index in [0.29, 0.717) is 44.8 Å². The Balaban J connectivity index is 1.57. The van der Waals surface area contributed by atoms with Crippen LogP contribution in [0.2, 0.25) is 0 Å². The van der Waals surface area contributed by atoms with Crippen molar-refractivity contribution < 1.29 is 19.0 Å². The van der Waals surface area contributed by atoms with Crippen LogP contribution in [0.4, 0.5) is 10.1 Å². The first-order chi connectivity index (χ1) is 11.1. The van der Waals surface area contributed by atoms with E-state index in [4.69, 9.17) is 4.74 Å². The fourth-order valence-electron chi connectivity index (χ4n) is 3.11. The fraction of sp³-hybridized carbons (Fsp3) is 0.588. The molecule has 1 atom stereocenters. The molecule has 3 rings (SSSR count). The van der Waals surface area contributed by atoms with Gasteiger partial charge in [-0.3, -0.25) is 4.79 Å². The minimum absolute atomic E-state index is 0.128. The molecule has 1 aromatic carbocycles. The van der Waals surface area contributed by atoms with Gasteiger partial charge in [-0.1, -0.05) is 6.07 Å². The highest BCUT2D eigenvalue weighted by atomic mass is 19.1. The number of nitrogens with zero attached hydrogens (tertiary/aromatic N) is 1. The number of nitrogens with one attached hydrogen (secondary N) is 1. The molecule has 2 aliphatic rings. The number of ether oxygens (including phenoxy) is 1. The molecule has 2 heterocycles. The number of hydrogen-bond donors (Lipinski definition) is 2. The molecule has 126 valence electrons. The Kier molecular flexibility index (Phi) is 5.13. The molecule has 1 unspecified atom stereocenters. The second-order valence-electron chi connectivity index (χ2n) is 6.22. The SMILES string of the molecule is O=C(NCc1ccc(N2CCC(O)CC2)c(F)c1)C1CCCO1. The second-order valence-corrected chi connectivity index (χ2v) is 6.22. The van der Waals surface area contributed by atoms with Crippen molar-refractivity contribution in [3.8, 4) is 0 Å². The highest BCUT2D eigenvalue weighted by Gasteiger charge is 2.23. The van der Waals surface area contributed by atoms with Gasteiger partial charge < -0.3 is 20.1 Å².